The van der Waals surface area contributed by atoms with Gasteiger partial charge in [-0.15, -0.1) is 11.3 Å². The van der Waals surface area contributed by atoms with E-state index in [1.807, 2.05) is 46.3 Å². The zero-order valence-corrected chi connectivity index (χ0v) is 19.1. The number of aromatic nitrogens is 2. The standard InChI is InChI=1S/C24H20FN3O3S2/c25-19-8-10-22(11-9-19)33(29,30)27(15-21-7-4-14-31-21)13-12-20-17-32-24-26-23(16-28(20)24)18-5-2-1-3-6-18/h1-11,14,16-17H,12-13,15H2. The number of hydrogen-bond donors (Lipinski definition) is 0. The summed E-state index contributed by atoms with van der Waals surface area (Å²) < 4.78 is 48.8. The van der Waals surface area contributed by atoms with E-state index in [1.165, 1.54) is 34.0 Å². The van der Waals surface area contributed by atoms with Crippen LogP contribution in [0, 0.1) is 5.82 Å². The lowest BCUT2D eigenvalue weighted by molar-refractivity contribution is 0.365. The molecule has 0 saturated carbocycles. The summed E-state index contributed by atoms with van der Waals surface area (Å²) >= 11 is 1.52. The number of rotatable bonds is 8. The second kappa shape index (κ2) is 8.93. The molecule has 0 amide bonds. The van der Waals surface area contributed by atoms with Crippen molar-refractivity contribution in [3.05, 3.63) is 102 Å². The normalized spacial score (nSPS) is 12.1. The molecule has 0 radical (unpaired) electrons. The first kappa shape index (κ1) is 21.6. The molecule has 0 aliphatic carbocycles. The van der Waals surface area contributed by atoms with Crippen molar-refractivity contribution < 1.29 is 17.2 Å². The van der Waals surface area contributed by atoms with Crippen LogP contribution in [0.15, 0.2) is 93.9 Å². The summed E-state index contributed by atoms with van der Waals surface area (Å²) in [4.78, 5) is 5.59. The van der Waals surface area contributed by atoms with E-state index in [0.717, 1.165) is 34.0 Å². The van der Waals surface area contributed by atoms with Crippen molar-refractivity contribution in [2.75, 3.05) is 6.54 Å². The summed E-state index contributed by atoms with van der Waals surface area (Å²) in [6, 6.07) is 18.2. The summed E-state index contributed by atoms with van der Waals surface area (Å²) in [7, 11) is -3.85. The molecule has 0 aliphatic rings. The average Bonchev–Trinajstić information content (AvgIpc) is 3.56. The first-order valence-corrected chi connectivity index (χ1v) is 12.6. The van der Waals surface area contributed by atoms with E-state index in [9.17, 15) is 12.8 Å². The van der Waals surface area contributed by atoms with Crippen LogP contribution in [0.1, 0.15) is 11.5 Å². The van der Waals surface area contributed by atoms with Gasteiger partial charge in [0.05, 0.1) is 23.4 Å². The highest BCUT2D eigenvalue weighted by atomic mass is 32.2. The fourth-order valence-corrected chi connectivity index (χ4v) is 5.93. The van der Waals surface area contributed by atoms with Crippen LogP contribution in [0.25, 0.3) is 16.2 Å². The Labute approximate surface area is 194 Å². The van der Waals surface area contributed by atoms with Gasteiger partial charge >= 0.3 is 0 Å². The topological polar surface area (TPSA) is 67.8 Å². The number of fused-ring (bicyclic) bond motifs is 1. The Morgan fingerprint density at radius 1 is 1.03 bits per heavy atom. The minimum absolute atomic E-state index is 0.0416. The molecule has 0 bridgehead atoms. The van der Waals surface area contributed by atoms with Gasteiger partial charge in [0.15, 0.2) is 4.96 Å². The Bertz CT molecular complexity index is 1460. The van der Waals surface area contributed by atoms with Crippen LogP contribution in [-0.4, -0.2) is 28.7 Å². The Balaban J connectivity index is 1.42. The number of nitrogens with zero attached hydrogens (tertiary/aromatic N) is 3. The van der Waals surface area contributed by atoms with Crippen molar-refractivity contribution in [2.45, 2.75) is 17.9 Å². The van der Waals surface area contributed by atoms with Gasteiger partial charge in [-0.25, -0.2) is 17.8 Å². The predicted octanol–water partition coefficient (Wildman–Crippen LogP) is 5.23. The number of hydrogen-bond acceptors (Lipinski definition) is 5. The highest BCUT2D eigenvalue weighted by Crippen LogP contribution is 2.25. The number of furan rings is 1. The number of halogens is 1. The molecule has 5 rings (SSSR count). The molecule has 0 atom stereocenters. The Hall–Kier alpha value is -3.27. The molecule has 0 unspecified atom stereocenters. The molecule has 0 saturated heterocycles. The lowest BCUT2D eigenvalue weighted by Crippen LogP contribution is -2.32. The van der Waals surface area contributed by atoms with Gasteiger partial charge in [-0.1, -0.05) is 30.3 Å². The van der Waals surface area contributed by atoms with Crippen molar-refractivity contribution in [2.24, 2.45) is 0 Å². The largest absolute Gasteiger partial charge is 0.468 e. The third kappa shape index (κ3) is 4.47. The highest BCUT2D eigenvalue weighted by molar-refractivity contribution is 7.89. The van der Waals surface area contributed by atoms with Crippen LogP contribution < -0.4 is 0 Å². The van der Waals surface area contributed by atoms with Gasteiger partial charge < -0.3 is 4.42 Å². The average molecular weight is 482 g/mol. The fraction of sp³-hybridized carbons (Fsp3) is 0.125. The van der Waals surface area contributed by atoms with Gasteiger partial charge in [0, 0.05) is 35.8 Å². The molecule has 9 heteroatoms. The zero-order valence-electron chi connectivity index (χ0n) is 17.5. The summed E-state index contributed by atoms with van der Waals surface area (Å²) in [5.74, 6) is 0.0478. The van der Waals surface area contributed by atoms with Crippen LogP contribution in [0.3, 0.4) is 0 Å². The summed E-state index contributed by atoms with van der Waals surface area (Å²) in [5, 5.41) is 1.99. The number of imidazole rings is 1. The second-order valence-electron chi connectivity index (χ2n) is 7.49. The van der Waals surface area contributed by atoms with E-state index in [0.29, 0.717) is 12.2 Å². The van der Waals surface area contributed by atoms with Crippen LogP contribution in [0.2, 0.25) is 0 Å². The first-order valence-electron chi connectivity index (χ1n) is 10.3. The molecule has 2 aromatic carbocycles. The minimum Gasteiger partial charge on any atom is -0.468 e. The molecular formula is C24H20FN3O3S2. The maximum Gasteiger partial charge on any atom is 0.243 e. The lowest BCUT2D eigenvalue weighted by atomic mass is 10.2. The van der Waals surface area contributed by atoms with Gasteiger partial charge in [-0.2, -0.15) is 4.31 Å². The van der Waals surface area contributed by atoms with E-state index in [-0.39, 0.29) is 18.0 Å². The Kier molecular flexibility index (Phi) is 5.84. The van der Waals surface area contributed by atoms with Crippen LogP contribution in [0.5, 0.6) is 0 Å². The third-order valence-electron chi connectivity index (χ3n) is 5.33. The van der Waals surface area contributed by atoms with Crippen molar-refractivity contribution >= 4 is 26.3 Å². The maximum atomic E-state index is 13.4. The van der Waals surface area contributed by atoms with Gasteiger partial charge in [-0.05, 0) is 36.4 Å². The van der Waals surface area contributed by atoms with Crippen LogP contribution in [-0.2, 0) is 23.0 Å². The van der Waals surface area contributed by atoms with E-state index in [4.69, 9.17) is 9.40 Å². The highest BCUT2D eigenvalue weighted by Gasteiger charge is 2.26. The molecule has 5 aromatic rings. The zero-order chi connectivity index (χ0) is 22.8. The van der Waals surface area contributed by atoms with E-state index >= 15 is 0 Å². The second-order valence-corrected chi connectivity index (χ2v) is 10.3. The van der Waals surface area contributed by atoms with Gasteiger partial charge in [0.2, 0.25) is 10.0 Å². The maximum absolute atomic E-state index is 13.4. The number of thiazole rings is 1. The quantitative estimate of drug-likeness (QED) is 0.304. The van der Waals surface area contributed by atoms with Crippen molar-refractivity contribution in [1.29, 1.82) is 0 Å². The molecule has 168 valence electrons. The molecular weight excluding hydrogens is 461 g/mol. The summed E-state index contributed by atoms with van der Waals surface area (Å²) in [6.45, 7) is 0.310. The van der Waals surface area contributed by atoms with E-state index in [2.05, 4.69) is 0 Å². The molecule has 0 spiro atoms. The molecule has 0 aliphatic heterocycles. The molecule has 0 N–H and O–H groups in total. The van der Waals surface area contributed by atoms with Gasteiger partial charge in [0.1, 0.15) is 11.6 Å². The van der Waals surface area contributed by atoms with Crippen LogP contribution in [0.4, 0.5) is 4.39 Å². The molecule has 33 heavy (non-hydrogen) atoms. The lowest BCUT2D eigenvalue weighted by Gasteiger charge is -2.21. The summed E-state index contributed by atoms with van der Waals surface area (Å²) in [6.07, 6.45) is 3.96. The van der Waals surface area contributed by atoms with Crippen molar-refractivity contribution in [3.8, 4) is 11.3 Å². The Morgan fingerprint density at radius 2 is 1.82 bits per heavy atom. The third-order valence-corrected chi connectivity index (χ3v) is 8.08. The predicted molar refractivity (Wildman–Crippen MR) is 125 cm³/mol. The van der Waals surface area contributed by atoms with Gasteiger partial charge in [-0.3, -0.25) is 4.40 Å². The molecule has 0 fully saturated rings. The smallest absolute Gasteiger partial charge is 0.243 e. The SMILES string of the molecule is O=S(=O)(c1ccc(F)cc1)N(CCc1csc2nc(-c3ccccc3)cn12)Cc1ccco1. The van der Waals surface area contributed by atoms with Crippen molar-refractivity contribution in [3.63, 3.8) is 0 Å². The molecule has 3 heterocycles. The summed E-state index contributed by atoms with van der Waals surface area (Å²) in [5.41, 5.74) is 2.86. The molecule has 3 aromatic heterocycles. The number of sulfonamides is 1. The van der Waals surface area contributed by atoms with Crippen LogP contribution >= 0.6 is 11.3 Å². The monoisotopic (exact) mass is 481 g/mol. The molecule has 6 nitrogen and oxygen atoms in total. The first-order chi connectivity index (χ1) is 16.0. The van der Waals surface area contributed by atoms with Crippen molar-refractivity contribution in [1.82, 2.24) is 13.7 Å². The minimum atomic E-state index is -3.85. The van der Waals surface area contributed by atoms with E-state index in [1.54, 1.807) is 12.1 Å². The van der Waals surface area contributed by atoms with E-state index < -0.39 is 15.8 Å². The number of benzene rings is 2. The van der Waals surface area contributed by atoms with Gasteiger partial charge in [0.25, 0.3) is 0 Å². The fourth-order valence-electron chi connectivity index (χ4n) is 3.61. The Morgan fingerprint density at radius 3 is 2.55 bits per heavy atom.